The molecule has 1 saturated heterocycles. The van der Waals surface area contributed by atoms with Gasteiger partial charge in [0.2, 0.25) is 10.0 Å². The number of piperidine rings is 1. The lowest BCUT2D eigenvalue weighted by Gasteiger charge is -2.31. The second-order valence-corrected chi connectivity index (χ2v) is 7.59. The Kier molecular flexibility index (Phi) is 4.07. The van der Waals surface area contributed by atoms with Gasteiger partial charge in [-0.2, -0.15) is 9.40 Å². The Labute approximate surface area is 134 Å². The fourth-order valence-corrected chi connectivity index (χ4v) is 4.45. The highest BCUT2D eigenvalue weighted by Crippen LogP contribution is 2.26. The van der Waals surface area contributed by atoms with Crippen molar-refractivity contribution >= 4 is 10.0 Å². The summed E-state index contributed by atoms with van der Waals surface area (Å²) in [6.45, 7) is 2.55. The molecule has 124 valence electrons. The minimum absolute atomic E-state index is 0.0171. The van der Waals surface area contributed by atoms with Crippen LogP contribution in [0.25, 0.3) is 0 Å². The van der Waals surface area contributed by atoms with Crippen molar-refractivity contribution in [2.45, 2.75) is 30.7 Å². The topological polar surface area (TPSA) is 90.1 Å². The number of nitrogens with zero attached hydrogens (tertiary/aromatic N) is 5. The van der Waals surface area contributed by atoms with Crippen molar-refractivity contribution in [2.75, 3.05) is 13.1 Å². The summed E-state index contributed by atoms with van der Waals surface area (Å²) in [7, 11) is -1.90. The molecule has 23 heavy (non-hydrogen) atoms. The molecular weight excluding hydrogens is 318 g/mol. The van der Waals surface area contributed by atoms with Crippen LogP contribution in [-0.2, 0) is 17.1 Å². The van der Waals surface area contributed by atoms with Gasteiger partial charge in [0, 0.05) is 38.6 Å². The minimum atomic E-state index is -3.52. The molecule has 0 amide bonds. The fraction of sp³-hybridized carbons (Fsp3) is 0.500. The molecule has 0 atom stereocenters. The van der Waals surface area contributed by atoms with Crippen molar-refractivity contribution in [3.05, 3.63) is 40.8 Å². The van der Waals surface area contributed by atoms with Crippen LogP contribution in [-0.4, -0.2) is 45.1 Å². The number of rotatable bonds is 3. The van der Waals surface area contributed by atoms with Gasteiger partial charge in [0.1, 0.15) is 10.7 Å². The Hall–Kier alpha value is -2.00. The molecule has 0 aliphatic carbocycles. The van der Waals surface area contributed by atoms with Gasteiger partial charge in [0.15, 0.2) is 0 Å². The van der Waals surface area contributed by atoms with Crippen molar-refractivity contribution in [1.29, 1.82) is 0 Å². The molecule has 0 saturated carbocycles. The molecular formula is C14H19N5O3S. The summed E-state index contributed by atoms with van der Waals surface area (Å²) in [6.07, 6.45) is 4.08. The van der Waals surface area contributed by atoms with E-state index in [1.165, 1.54) is 15.2 Å². The molecule has 0 unspecified atom stereocenters. The minimum Gasteiger partial charge on any atom is -0.276 e. The molecule has 0 aromatic carbocycles. The number of pyridine rings is 1. The Bertz CT molecular complexity index is 848. The molecule has 1 fully saturated rings. The normalized spacial score (nSPS) is 17.5. The van der Waals surface area contributed by atoms with Crippen LogP contribution in [0, 0.1) is 6.92 Å². The monoisotopic (exact) mass is 337 g/mol. The van der Waals surface area contributed by atoms with E-state index in [1.807, 2.05) is 0 Å². The predicted molar refractivity (Wildman–Crippen MR) is 83.5 cm³/mol. The summed E-state index contributed by atoms with van der Waals surface area (Å²) >= 11 is 0. The first-order valence-corrected chi connectivity index (χ1v) is 8.87. The second-order valence-electron chi connectivity index (χ2n) is 5.65. The van der Waals surface area contributed by atoms with E-state index in [2.05, 4.69) is 10.1 Å². The first kappa shape index (κ1) is 15.9. The third kappa shape index (κ3) is 2.81. The van der Waals surface area contributed by atoms with Gasteiger partial charge in [-0.05, 0) is 31.9 Å². The van der Waals surface area contributed by atoms with Crippen LogP contribution in [0.15, 0.2) is 34.2 Å². The first-order valence-electron chi connectivity index (χ1n) is 7.43. The van der Waals surface area contributed by atoms with Crippen LogP contribution in [0.1, 0.15) is 24.7 Å². The fourth-order valence-electron chi connectivity index (χ4n) is 3.01. The zero-order valence-corrected chi connectivity index (χ0v) is 13.9. The maximum Gasteiger partial charge on any atom is 0.345 e. The van der Waals surface area contributed by atoms with Gasteiger partial charge in [0.25, 0.3) is 0 Å². The highest BCUT2D eigenvalue weighted by Gasteiger charge is 2.31. The Morgan fingerprint density at radius 3 is 2.48 bits per heavy atom. The van der Waals surface area contributed by atoms with Gasteiger partial charge < -0.3 is 0 Å². The van der Waals surface area contributed by atoms with Crippen LogP contribution in [0.2, 0.25) is 0 Å². The third-order valence-electron chi connectivity index (χ3n) is 4.19. The third-order valence-corrected chi connectivity index (χ3v) is 6.07. The lowest BCUT2D eigenvalue weighted by molar-refractivity contribution is 0.267. The molecule has 3 heterocycles. The number of hydrogen-bond acceptors (Lipinski definition) is 5. The van der Waals surface area contributed by atoms with Crippen molar-refractivity contribution in [1.82, 2.24) is 23.6 Å². The molecule has 0 bridgehead atoms. The molecule has 0 radical (unpaired) electrons. The highest BCUT2D eigenvalue weighted by atomic mass is 32.2. The van der Waals surface area contributed by atoms with E-state index in [0.717, 1.165) is 0 Å². The summed E-state index contributed by atoms with van der Waals surface area (Å²) in [5.41, 5.74) is -0.156. The predicted octanol–water partition coefficient (Wildman–Crippen LogP) is 0.311. The van der Waals surface area contributed by atoms with Crippen LogP contribution in [0.3, 0.4) is 0 Å². The van der Waals surface area contributed by atoms with Crippen LogP contribution < -0.4 is 5.69 Å². The number of aryl methyl sites for hydroxylation is 2. The van der Waals surface area contributed by atoms with Gasteiger partial charge in [-0.15, -0.1) is 0 Å². The average Bonchev–Trinajstić information content (AvgIpc) is 2.81. The van der Waals surface area contributed by atoms with Crippen LogP contribution in [0.5, 0.6) is 0 Å². The Morgan fingerprint density at radius 2 is 1.96 bits per heavy atom. The van der Waals surface area contributed by atoms with E-state index in [0.29, 0.717) is 31.8 Å². The molecule has 1 aliphatic heterocycles. The van der Waals surface area contributed by atoms with Gasteiger partial charge in [-0.3, -0.25) is 9.55 Å². The highest BCUT2D eigenvalue weighted by molar-refractivity contribution is 7.89. The molecule has 3 rings (SSSR count). The van der Waals surface area contributed by atoms with Crippen molar-refractivity contribution in [2.24, 2.45) is 7.05 Å². The summed E-state index contributed by atoms with van der Waals surface area (Å²) in [4.78, 5) is 16.2. The average molecular weight is 337 g/mol. The lowest BCUT2D eigenvalue weighted by Crippen LogP contribution is -2.41. The summed E-state index contributed by atoms with van der Waals surface area (Å²) in [5.74, 6) is 0.658. The maximum absolute atomic E-state index is 12.6. The van der Waals surface area contributed by atoms with E-state index in [9.17, 15) is 13.2 Å². The standard InChI is InChI=1S/C14H19N5O3S/c1-11-16-17(2)14(20)19(11)12-5-8-18(9-6-12)23(21,22)13-4-3-7-15-10-13/h3-4,7,10,12H,5-6,8-9H2,1-2H3. The molecule has 1 aliphatic rings. The second kappa shape index (κ2) is 5.89. The summed E-state index contributed by atoms with van der Waals surface area (Å²) in [6, 6.07) is 3.14. The van der Waals surface area contributed by atoms with E-state index in [4.69, 9.17) is 0 Å². The van der Waals surface area contributed by atoms with Gasteiger partial charge in [-0.1, -0.05) is 0 Å². The van der Waals surface area contributed by atoms with E-state index in [1.54, 1.807) is 36.9 Å². The van der Waals surface area contributed by atoms with Crippen LogP contribution >= 0.6 is 0 Å². The van der Waals surface area contributed by atoms with Gasteiger partial charge in [-0.25, -0.2) is 17.9 Å². The van der Waals surface area contributed by atoms with E-state index < -0.39 is 10.0 Å². The molecule has 0 spiro atoms. The van der Waals surface area contributed by atoms with Gasteiger partial charge >= 0.3 is 5.69 Å². The molecule has 2 aromatic rings. The molecule has 8 nitrogen and oxygen atoms in total. The molecule has 9 heteroatoms. The van der Waals surface area contributed by atoms with Crippen molar-refractivity contribution in [3.8, 4) is 0 Å². The quantitative estimate of drug-likeness (QED) is 0.804. The van der Waals surface area contributed by atoms with Crippen molar-refractivity contribution in [3.63, 3.8) is 0 Å². The molecule has 2 aromatic heterocycles. The maximum atomic E-state index is 12.6. The smallest absolute Gasteiger partial charge is 0.276 e. The number of aromatic nitrogens is 4. The largest absolute Gasteiger partial charge is 0.345 e. The van der Waals surface area contributed by atoms with Crippen LogP contribution in [0.4, 0.5) is 0 Å². The van der Waals surface area contributed by atoms with Crippen molar-refractivity contribution < 1.29 is 8.42 Å². The molecule has 0 N–H and O–H groups in total. The summed E-state index contributed by atoms with van der Waals surface area (Å²) < 4.78 is 29.6. The lowest BCUT2D eigenvalue weighted by atomic mass is 10.1. The Balaban J connectivity index is 1.78. The Morgan fingerprint density at radius 1 is 1.26 bits per heavy atom. The van der Waals surface area contributed by atoms with E-state index >= 15 is 0 Å². The summed E-state index contributed by atoms with van der Waals surface area (Å²) in [5, 5.41) is 4.13. The number of sulfonamides is 1. The van der Waals surface area contributed by atoms with E-state index in [-0.39, 0.29) is 16.6 Å². The number of hydrogen-bond donors (Lipinski definition) is 0. The zero-order valence-electron chi connectivity index (χ0n) is 13.1. The SMILES string of the molecule is Cc1nn(C)c(=O)n1C1CCN(S(=O)(=O)c2cccnc2)CC1. The zero-order chi connectivity index (χ0) is 16.6. The first-order chi connectivity index (χ1) is 10.9. The van der Waals surface area contributed by atoms with Gasteiger partial charge in [0.05, 0.1) is 0 Å².